The molecule has 0 amide bonds. The highest BCUT2D eigenvalue weighted by Gasteiger charge is 2.06. The normalized spacial score (nSPS) is 11.5. The van der Waals surface area contributed by atoms with Crippen LogP contribution in [0.25, 0.3) is 10.9 Å². The smallest absolute Gasteiger partial charge is 0.191 e. The third kappa shape index (κ3) is 5.63. The molecule has 32 heavy (non-hydrogen) atoms. The van der Waals surface area contributed by atoms with Crippen LogP contribution in [0.1, 0.15) is 16.8 Å². The quantitative estimate of drug-likeness (QED) is 0.289. The van der Waals surface area contributed by atoms with Crippen LogP contribution >= 0.6 is 0 Å². The number of aromatic nitrogens is 2. The Morgan fingerprint density at radius 3 is 2.75 bits per heavy atom. The van der Waals surface area contributed by atoms with Crippen molar-refractivity contribution >= 4 is 16.9 Å². The van der Waals surface area contributed by atoms with Crippen LogP contribution in [0.2, 0.25) is 0 Å². The summed E-state index contributed by atoms with van der Waals surface area (Å²) >= 11 is 0. The maximum absolute atomic E-state index is 13.5. The number of fused-ring (bicyclic) bond motifs is 1. The number of guanidine groups is 1. The molecule has 0 atom stereocenters. The van der Waals surface area contributed by atoms with Gasteiger partial charge in [0.2, 0.25) is 0 Å². The van der Waals surface area contributed by atoms with Gasteiger partial charge in [0.1, 0.15) is 18.2 Å². The minimum absolute atomic E-state index is 0.225. The number of hydrogen-bond donors (Lipinski definition) is 3. The summed E-state index contributed by atoms with van der Waals surface area (Å²) < 4.78 is 19.3. The molecular weight excluding hydrogens is 405 g/mol. The van der Waals surface area contributed by atoms with Gasteiger partial charge in [-0.2, -0.15) is 0 Å². The van der Waals surface area contributed by atoms with E-state index in [4.69, 9.17) is 4.74 Å². The summed E-state index contributed by atoms with van der Waals surface area (Å²) in [6, 6.07) is 18.5. The van der Waals surface area contributed by atoms with Crippen molar-refractivity contribution in [2.24, 2.45) is 4.99 Å². The van der Waals surface area contributed by atoms with Crippen molar-refractivity contribution in [3.8, 4) is 5.75 Å². The zero-order valence-electron chi connectivity index (χ0n) is 17.9. The Bertz CT molecular complexity index is 1170. The summed E-state index contributed by atoms with van der Waals surface area (Å²) in [5.41, 5.74) is 4.02. The number of hydrogen-bond acceptors (Lipinski definition) is 3. The molecule has 0 saturated carbocycles. The number of benzene rings is 2. The van der Waals surface area contributed by atoms with E-state index in [2.05, 4.69) is 25.6 Å². The lowest BCUT2D eigenvalue weighted by atomic mass is 10.1. The SMILES string of the molecule is CN=C(NCCc1c[nH]c2ccc(F)cc12)NCc1ccc(OCc2ccccn2)cc1. The number of nitrogens with one attached hydrogen (secondary N) is 3. The van der Waals surface area contributed by atoms with Crippen molar-refractivity contribution in [2.75, 3.05) is 13.6 Å². The van der Waals surface area contributed by atoms with Gasteiger partial charge in [-0.05, 0) is 60.0 Å². The van der Waals surface area contributed by atoms with E-state index in [0.29, 0.717) is 25.7 Å². The third-order valence-corrected chi connectivity index (χ3v) is 5.14. The van der Waals surface area contributed by atoms with Gasteiger partial charge < -0.3 is 20.4 Å². The van der Waals surface area contributed by atoms with Crippen molar-refractivity contribution < 1.29 is 9.13 Å². The van der Waals surface area contributed by atoms with Gasteiger partial charge >= 0.3 is 0 Å². The summed E-state index contributed by atoms with van der Waals surface area (Å²) in [5, 5.41) is 7.53. The van der Waals surface area contributed by atoms with E-state index in [1.165, 1.54) is 6.07 Å². The van der Waals surface area contributed by atoms with Crippen molar-refractivity contribution in [1.82, 2.24) is 20.6 Å². The maximum Gasteiger partial charge on any atom is 0.191 e. The zero-order valence-corrected chi connectivity index (χ0v) is 17.9. The van der Waals surface area contributed by atoms with Crippen LogP contribution in [0.15, 0.2) is 78.0 Å². The predicted octanol–water partition coefficient (Wildman–Crippen LogP) is 4.19. The topological polar surface area (TPSA) is 74.3 Å². The average molecular weight is 432 g/mol. The van der Waals surface area contributed by atoms with Crippen LogP contribution in [0.4, 0.5) is 4.39 Å². The molecule has 0 bridgehead atoms. The van der Waals surface area contributed by atoms with Gasteiger partial charge in [-0.3, -0.25) is 9.98 Å². The number of halogens is 1. The minimum atomic E-state index is -0.225. The van der Waals surface area contributed by atoms with E-state index in [1.54, 1.807) is 25.4 Å². The van der Waals surface area contributed by atoms with Gasteiger partial charge in [0.15, 0.2) is 5.96 Å². The van der Waals surface area contributed by atoms with Gasteiger partial charge in [0.25, 0.3) is 0 Å². The highest BCUT2D eigenvalue weighted by atomic mass is 19.1. The largest absolute Gasteiger partial charge is 0.487 e. The predicted molar refractivity (Wildman–Crippen MR) is 125 cm³/mol. The maximum atomic E-state index is 13.5. The molecule has 4 rings (SSSR count). The lowest BCUT2D eigenvalue weighted by Gasteiger charge is -2.12. The second-order valence-corrected chi connectivity index (χ2v) is 7.36. The summed E-state index contributed by atoms with van der Waals surface area (Å²) in [4.78, 5) is 11.7. The van der Waals surface area contributed by atoms with Crippen LogP contribution in [0.3, 0.4) is 0 Å². The van der Waals surface area contributed by atoms with Crippen molar-refractivity contribution in [3.63, 3.8) is 0 Å². The van der Waals surface area contributed by atoms with Crippen LogP contribution < -0.4 is 15.4 Å². The molecule has 164 valence electrons. The summed E-state index contributed by atoms with van der Waals surface area (Å²) in [5.74, 6) is 1.29. The lowest BCUT2D eigenvalue weighted by Crippen LogP contribution is -2.37. The first-order chi connectivity index (χ1) is 15.7. The molecule has 2 aromatic carbocycles. The second kappa shape index (κ2) is 10.4. The molecule has 0 unspecified atom stereocenters. The highest BCUT2D eigenvalue weighted by molar-refractivity contribution is 5.83. The molecule has 0 aliphatic rings. The highest BCUT2D eigenvalue weighted by Crippen LogP contribution is 2.19. The Kier molecular flexibility index (Phi) is 6.97. The van der Waals surface area contributed by atoms with Crippen LogP contribution in [-0.4, -0.2) is 29.5 Å². The van der Waals surface area contributed by atoms with Gasteiger partial charge in [-0.1, -0.05) is 18.2 Å². The zero-order chi connectivity index (χ0) is 22.2. The number of rotatable bonds is 8. The molecule has 0 aliphatic carbocycles. The Morgan fingerprint density at radius 1 is 1.09 bits per heavy atom. The Morgan fingerprint density at radius 2 is 1.97 bits per heavy atom. The molecule has 2 aromatic heterocycles. The van der Waals surface area contributed by atoms with Crippen LogP contribution in [0, 0.1) is 5.82 Å². The van der Waals surface area contributed by atoms with Gasteiger partial charge in [-0.15, -0.1) is 0 Å². The number of ether oxygens (including phenoxy) is 1. The minimum Gasteiger partial charge on any atom is -0.487 e. The summed E-state index contributed by atoms with van der Waals surface area (Å²) in [6.07, 6.45) is 4.45. The fourth-order valence-corrected chi connectivity index (χ4v) is 3.42. The van der Waals surface area contributed by atoms with Gasteiger partial charge in [0.05, 0.1) is 5.69 Å². The molecule has 4 aromatic rings. The molecule has 7 heteroatoms. The second-order valence-electron chi connectivity index (χ2n) is 7.36. The van der Waals surface area contributed by atoms with Crippen molar-refractivity contribution in [1.29, 1.82) is 0 Å². The standard InChI is InChI=1S/C25H26FN5O/c1-27-25(29-13-11-19-16-30-24-10-7-20(26)14-23(19)24)31-15-18-5-8-22(9-6-18)32-17-21-4-2-3-12-28-21/h2-10,12,14,16,30H,11,13,15,17H2,1H3,(H2,27,29,31). The van der Waals surface area contributed by atoms with E-state index >= 15 is 0 Å². The van der Waals surface area contributed by atoms with E-state index in [0.717, 1.165) is 39.9 Å². The van der Waals surface area contributed by atoms with Gasteiger partial charge in [0, 0.05) is 43.4 Å². The third-order valence-electron chi connectivity index (χ3n) is 5.14. The first-order valence-electron chi connectivity index (χ1n) is 10.5. The average Bonchev–Trinajstić information content (AvgIpc) is 3.23. The molecule has 0 fully saturated rings. The van der Waals surface area contributed by atoms with Crippen LogP contribution in [0.5, 0.6) is 5.75 Å². The first-order valence-corrected chi connectivity index (χ1v) is 10.5. The molecule has 0 spiro atoms. The molecule has 0 radical (unpaired) electrons. The molecule has 0 saturated heterocycles. The number of aliphatic imine (C=N–C) groups is 1. The summed E-state index contributed by atoms with van der Waals surface area (Å²) in [7, 11) is 1.74. The molecule has 0 aliphatic heterocycles. The monoisotopic (exact) mass is 431 g/mol. The van der Waals surface area contributed by atoms with Crippen molar-refractivity contribution in [2.45, 2.75) is 19.6 Å². The van der Waals surface area contributed by atoms with Gasteiger partial charge in [-0.25, -0.2) is 4.39 Å². The number of aromatic amines is 1. The Hall–Kier alpha value is -3.87. The van der Waals surface area contributed by atoms with Crippen molar-refractivity contribution in [3.05, 3.63) is 95.7 Å². The number of nitrogens with zero attached hydrogens (tertiary/aromatic N) is 2. The lowest BCUT2D eigenvalue weighted by molar-refractivity contribution is 0.301. The fraction of sp³-hybridized carbons (Fsp3) is 0.200. The molecular formula is C25H26FN5O. The number of H-pyrrole nitrogens is 1. The van der Waals surface area contributed by atoms with E-state index in [9.17, 15) is 4.39 Å². The number of pyridine rings is 1. The van der Waals surface area contributed by atoms with E-state index in [-0.39, 0.29) is 5.82 Å². The summed E-state index contributed by atoms with van der Waals surface area (Å²) in [6.45, 7) is 1.76. The molecule has 6 nitrogen and oxygen atoms in total. The Balaban J connectivity index is 1.23. The first kappa shape index (κ1) is 21.4. The fourth-order valence-electron chi connectivity index (χ4n) is 3.42. The Labute approximate surface area is 186 Å². The van der Waals surface area contributed by atoms with E-state index < -0.39 is 0 Å². The van der Waals surface area contributed by atoms with E-state index in [1.807, 2.05) is 48.7 Å². The molecule has 2 heterocycles. The van der Waals surface area contributed by atoms with Crippen LogP contribution in [-0.2, 0) is 19.6 Å². The molecule has 3 N–H and O–H groups in total.